The van der Waals surface area contributed by atoms with Gasteiger partial charge in [0.2, 0.25) is 0 Å². The van der Waals surface area contributed by atoms with Gasteiger partial charge in [0.1, 0.15) is 0 Å². The molecular formula is C14H28N2O. The van der Waals surface area contributed by atoms with E-state index in [1.165, 1.54) is 12.8 Å². The highest BCUT2D eigenvalue weighted by atomic mass is 16.3. The van der Waals surface area contributed by atoms with Gasteiger partial charge in [0.25, 0.3) is 0 Å². The van der Waals surface area contributed by atoms with Gasteiger partial charge in [0.05, 0.1) is 5.60 Å². The van der Waals surface area contributed by atoms with Crippen molar-refractivity contribution < 1.29 is 5.11 Å². The van der Waals surface area contributed by atoms with Gasteiger partial charge < -0.3 is 16.2 Å². The molecule has 1 atom stereocenters. The van der Waals surface area contributed by atoms with Gasteiger partial charge in [-0.15, -0.1) is 0 Å². The Morgan fingerprint density at radius 3 is 2.24 bits per heavy atom. The molecule has 17 heavy (non-hydrogen) atoms. The van der Waals surface area contributed by atoms with Gasteiger partial charge in [-0.1, -0.05) is 13.8 Å². The van der Waals surface area contributed by atoms with Crippen LogP contribution < -0.4 is 11.1 Å². The number of nitrogens with two attached hydrogens (primary N) is 1. The van der Waals surface area contributed by atoms with E-state index in [0.717, 1.165) is 38.8 Å². The molecule has 2 aliphatic rings. The van der Waals surface area contributed by atoms with Crippen molar-refractivity contribution in [1.82, 2.24) is 5.32 Å². The Morgan fingerprint density at radius 1 is 1.12 bits per heavy atom. The third-order valence-electron chi connectivity index (χ3n) is 5.30. The van der Waals surface area contributed by atoms with Crippen molar-refractivity contribution >= 4 is 0 Å². The van der Waals surface area contributed by atoms with Crippen molar-refractivity contribution in [3.05, 3.63) is 0 Å². The van der Waals surface area contributed by atoms with Crippen molar-refractivity contribution in [1.29, 1.82) is 0 Å². The van der Waals surface area contributed by atoms with Crippen LogP contribution in [0.2, 0.25) is 0 Å². The van der Waals surface area contributed by atoms with E-state index in [1.807, 2.05) is 0 Å². The van der Waals surface area contributed by atoms with Crippen LogP contribution in [0.25, 0.3) is 0 Å². The first kappa shape index (κ1) is 13.3. The second kappa shape index (κ2) is 4.52. The second-order valence-corrected chi connectivity index (χ2v) is 6.96. The Balaban J connectivity index is 2.14. The highest BCUT2D eigenvalue weighted by Crippen LogP contribution is 2.51. The quantitative estimate of drug-likeness (QED) is 0.688. The summed E-state index contributed by atoms with van der Waals surface area (Å²) in [6, 6.07) is 0. The van der Waals surface area contributed by atoms with Crippen molar-refractivity contribution in [3.8, 4) is 0 Å². The van der Waals surface area contributed by atoms with Gasteiger partial charge in [0, 0.05) is 18.5 Å². The number of nitrogens with one attached hydrogen (secondary N) is 1. The number of hydrogen-bond donors (Lipinski definition) is 3. The lowest BCUT2D eigenvalue weighted by molar-refractivity contribution is -0.123. The zero-order chi connectivity index (χ0) is 12.6. The maximum absolute atomic E-state index is 11.0. The molecule has 0 radical (unpaired) electrons. The average molecular weight is 240 g/mol. The van der Waals surface area contributed by atoms with Crippen molar-refractivity contribution in [3.63, 3.8) is 0 Å². The van der Waals surface area contributed by atoms with E-state index in [4.69, 9.17) is 5.73 Å². The standard InChI is InChI=1S/C14H28N2O/c1-12(2)5-7-13(10-15,8-6-12)14(17)4-3-9-16-11-14/h16-17H,3-11,15H2,1-2H3. The topological polar surface area (TPSA) is 58.3 Å². The molecule has 1 aliphatic carbocycles. The van der Waals surface area contributed by atoms with E-state index in [1.54, 1.807) is 0 Å². The summed E-state index contributed by atoms with van der Waals surface area (Å²) in [5.41, 5.74) is 5.86. The van der Waals surface area contributed by atoms with Gasteiger partial charge in [-0.05, 0) is 50.5 Å². The molecule has 2 rings (SSSR count). The van der Waals surface area contributed by atoms with E-state index >= 15 is 0 Å². The van der Waals surface area contributed by atoms with Crippen LogP contribution in [0.3, 0.4) is 0 Å². The van der Waals surface area contributed by atoms with Gasteiger partial charge in [0.15, 0.2) is 0 Å². The van der Waals surface area contributed by atoms with E-state index in [9.17, 15) is 5.11 Å². The Labute approximate surface area is 105 Å². The SMILES string of the molecule is CC1(C)CCC(CN)(C2(O)CCCNC2)CC1. The molecule has 3 nitrogen and oxygen atoms in total. The number of hydrogen-bond acceptors (Lipinski definition) is 3. The predicted octanol–water partition coefficient (Wildman–Crippen LogP) is 1.65. The molecule has 0 aromatic heterocycles. The molecule has 0 aromatic rings. The number of rotatable bonds is 2. The Morgan fingerprint density at radius 2 is 1.76 bits per heavy atom. The Bertz CT molecular complexity index is 259. The minimum absolute atomic E-state index is 0.0457. The lowest BCUT2D eigenvalue weighted by Gasteiger charge is -2.53. The number of piperidine rings is 1. The highest BCUT2D eigenvalue weighted by Gasteiger charge is 2.51. The molecule has 100 valence electrons. The van der Waals surface area contributed by atoms with Crippen LogP contribution in [0.15, 0.2) is 0 Å². The third kappa shape index (κ3) is 2.38. The first-order valence-electron chi connectivity index (χ1n) is 7.06. The van der Waals surface area contributed by atoms with E-state index in [-0.39, 0.29) is 5.41 Å². The molecule has 0 bridgehead atoms. The third-order valence-corrected chi connectivity index (χ3v) is 5.30. The molecule has 1 saturated carbocycles. The zero-order valence-electron chi connectivity index (χ0n) is 11.4. The van der Waals surface area contributed by atoms with Crippen molar-refractivity contribution in [2.75, 3.05) is 19.6 Å². The summed E-state index contributed by atoms with van der Waals surface area (Å²) >= 11 is 0. The van der Waals surface area contributed by atoms with E-state index in [0.29, 0.717) is 12.0 Å². The molecule has 0 aromatic carbocycles. The van der Waals surface area contributed by atoms with Crippen LogP contribution >= 0.6 is 0 Å². The summed E-state index contributed by atoms with van der Waals surface area (Å²) in [4.78, 5) is 0. The minimum Gasteiger partial charge on any atom is -0.388 e. The van der Waals surface area contributed by atoms with Gasteiger partial charge >= 0.3 is 0 Å². The van der Waals surface area contributed by atoms with Crippen LogP contribution in [-0.2, 0) is 0 Å². The maximum Gasteiger partial charge on any atom is 0.0839 e. The molecule has 1 heterocycles. The molecule has 0 spiro atoms. The summed E-state index contributed by atoms with van der Waals surface area (Å²) in [6.45, 7) is 7.05. The Hall–Kier alpha value is -0.120. The molecule has 3 heteroatoms. The van der Waals surface area contributed by atoms with Crippen molar-refractivity contribution in [2.24, 2.45) is 16.6 Å². The van der Waals surface area contributed by atoms with Gasteiger partial charge in [-0.2, -0.15) is 0 Å². The smallest absolute Gasteiger partial charge is 0.0839 e. The first-order valence-corrected chi connectivity index (χ1v) is 7.06. The molecule has 1 unspecified atom stereocenters. The summed E-state index contributed by atoms with van der Waals surface area (Å²) < 4.78 is 0. The summed E-state index contributed by atoms with van der Waals surface area (Å²) in [6.07, 6.45) is 6.52. The molecular weight excluding hydrogens is 212 g/mol. The summed E-state index contributed by atoms with van der Waals surface area (Å²) in [5.74, 6) is 0. The predicted molar refractivity (Wildman–Crippen MR) is 70.8 cm³/mol. The Kier molecular flexibility index (Phi) is 3.54. The van der Waals surface area contributed by atoms with Crippen LogP contribution in [0, 0.1) is 10.8 Å². The lowest BCUT2D eigenvalue weighted by Crippen LogP contribution is -2.61. The molecule has 2 fully saturated rings. The van der Waals surface area contributed by atoms with Crippen LogP contribution in [0.5, 0.6) is 0 Å². The second-order valence-electron chi connectivity index (χ2n) is 6.96. The monoisotopic (exact) mass is 240 g/mol. The largest absolute Gasteiger partial charge is 0.388 e. The molecule has 1 aliphatic heterocycles. The average Bonchev–Trinajstić information content (AvgIpc) is 2.30. The fourth-order valence-electron chi connectivity index (χ4n) is 3.61. The normalized spacial score (nSPS) is 36.7. The fourth-order valence-corrected chi connectivity index (χ4v) is 3.61. The van der Waals surface area contributed by atoms with Crippen LogP contribution in [0.1, 0.15) is 52.4 Å². The van der Waals surface area contributed by atoms with Crippen molar-refractivity contribution in [2.45, 2.75) is 58.0 Å². The first-order chi connectivity index (χ1) is 7.93. The van der Waals surface area contributed by atoms with Gasteiger partial charge in [-0.25, -0.2) is 0 Å². The van der Waals surface area contributed by atoms with Crippen LogP contribution in [0.4, 0.5) is 0 Å². The summed E-state index contributed by atoms with van der Waals surface area (Å²) in [5, 5.41) is 14.3. The minimum atomic E-state index is -0.573. The van der Waals surface area contributed by atoms with E-state index < -0.39 is 5.60 Å². The van der Waals surface area contributed by atoms with E-state index in [2.05, 4.69) is 19.2 Å². The highest BCUT2D eigenvalue weighted by molar-refractivity contribution is 5.05. The molecule has 4 N–H and O–H groups in total. The maximum atomic E-state index is 11.0. The zero-order valence-corrected chi connectivity index (χ0v) is 11.4. The molecule has 1 saturated heterocycles. The number of aliphatic hydroxyl groups is 1. The lowest BCUT2D eigenvalue weighted by atomic mass is 9.56. The van der Waals surface area contributed by atoms with Crippen LogP contribution in [-0.4, -0.2) is 30.3 Å². The van der Waals surface area contributed by atoms with Gasteiger partial charge in [-0.3, -0.25) is 0 Å². The fraction of sp³-hybridized carbons (Fsp3) is 1.00. The number of β-amino-alcohol motifs (C(OH)–C–C–N with tert-alkyl or cyclic N) is 1. The summed E-state index contributed by atoms with van der Waals surface area (Å²) in [7, 11) is 0. The molecule has 0 amide bonds.